The van der Waals surface area contributed by atoms with Crippen molar-refractivity contribution in [2.45, 2.75) is 11.7 Å². The molecule has 1 atom stereocenters. The molecule has 0 aliphatic rings. The summed E-state index contributed by atoms with van der Waals surface area (Å²) in [5.74, 6) is -1.41. The summed E-state index contributed by atoms with van der Waals surface area (Å²) >= 11 is 1.85. The summed E-state index contributed by atoms with van der Waals surface area (Å²) in [4.78, 5) is 17.9. The van der Waals surface area contributed by atoms with Crippen molar-refractivity contribution >= 4 is 42.7 Å². The fourth-order valence-electron chi connectivity index (χ4n) is 3.67. The fraction of sp³-hybridized carbons (Fsp3) is 0.182. The normalized spacial score (nSPS) is 12.8. The van der Waals surface area contributed by atoms with Crippen molar-refractivity contribution in [1.29, 1.82) is 0 Å². The monoisotopic (exact) mass is 547 g/mol. The van der Waals surface area contributed by atoms with Gasteiger partial charge in [-0.15, -0.1) is 21.5 Å². The lowest BCUT2D eigenvalue weighted by Crippen LogP contribution is -2.23. The number of fused-ring (bicyclic) bond motifs is 1. The molecule has 0 saturated heterocycles. The van der Waals surface area contributed by atoms with E-state index in [-0.39, 0.29) is 46.3 Å². The standard InChI is InChI=1S/C22H18FN5O5S3/c23-13-9-14-15(8-12(13)11-4-2-1-3-5-11)34-21(25-14)18(36(31,32)7-6-24)20-28-27-17(33-20)10-16-19(29)26-22(30)35-16/h1-5,8-9,18,29H,6-7,10,24H2,(H,26,30). The minimum Gasteiger partial charge on any atom is -0.494 e. The molecule has 3 heterocycles. The van der Waals surface area contributed by atoms with Gasteiger partial charge in [0.25, 0.3) is 0 Å². The quantitative estimate of drug-likeness (QED) is 0.265. The van der Waals surface area contributed by atoms with Crippen LogP contribution in [0, 0.1) is 5.82 Å². The average molecular weight is 548 g/mol. The van der Waals surface area contributed by atoms with Crippen LogP contribution in [0.15, 0.2) is 51.7 Å². The Morgan fingerprint density at radius 2 is 1.94 bits per heavy atom. The lowest BCUT2D eigenvalue weighted by Gasteiger charge is -2.10. The molecule has 10 nitrogen and oxygen atoms in total. The van der Waals surface area contributed by atoms with E-state index in [1.165, 1.54) is 6.07 Å². The van der Waals surface area contributed by atoms with E-state index in [0.29, 0.717) is 21.3 Å². The molecular formula is C22H18FN5O5S3. The molecule has 0 spiro atoms. The lowest BCUT2D eigenvalue weighted by molar-refractivity contribution is 0.438. The number of rotatable bonds is 8. The summed E-state index contributed by atoms with van der Waals surface area (Å²) in [5.41, 5.74) is 6.88. The van der Waals surface area contributed by atoms with Gasteiger partial charge in [0, 0.05) is 18.2 Å². The first-order chi connectivity index (χ1) is 17.2. The van der Waals surface area contributed by atoms with E-state index in [1.807, 2.05) is 6.07 Å². The maximum atomic E-state index is 14.9. The maximum absolute atomic E-state index is 14.9. The number of aromatic amines is 1. The minimum absolute atomic E-state index is 0.00187. The largest absolute Gasteiger partial charge is 0.494 e. The number of halogens is 1. The van der Waals surface area contributed by atoms with Crippen LogP contribution in [0.2, 0.25) is 0 Å². The topological polar surface area (TPSA) is 165 Å². The number of nitrogens with two attached hydrogens (primary N) is 1. The Hall–Kier alpha value is -3.46. The van der Waals surface area contributed by atoms with Crippen molar-refractivity contribution in [2.24, 2.45) is 5.73 Å². The molecule has 0 aliphatic heterocycles. The predicted octanol–water partition coefficient (Wildman–Crippen LogP) is 2.99. The SMILES string of the molecule is NCCS(=O)(=O)C(c1nnc(Cc2sc(=O)[nH]c2O)o1)c1nc2cc(F)c(-c3ccccc3)cc2s1. The van der Waals surface area contributed by atoms with Crippen molar-refractivity contribution in [3.05, 3.63) is 79.6 Å². The van der Waals surface area contributed by atoms with E-state index >= 15 is 0 Å². The number of thiazole rings is 2. The number of hydrogen-bond acceptors (Lipinski definition) is 11. The van der Waals surface area contributed by atoms with Crippen LogP contribution in [0.3, 0.4) is 0 Å². The summed E-state index contributed by atoms with van der Waals surface area (Å²) < 4.78 is 47.5. The average Bonchev–Trinajstić information content (AvgIpc) is 3.52. The van der Waals surface area contributed by atoms with Gasteiger partial charge in [-0.2, -0.15) is 0 Å². The first-order valence-electron chi connectivity index (χ1n) is 10.6. The van der Waals surface area contributed by atoms with E-state index < -0.39 is 25.8 Å². The molecule has 1 unspecified atom stereocenters. The van der Waals surface area contributed by atoms with Crippen molar-refractivity contribution < 1.29 is 22.3 Å². The van der Waals surface area contributed by atoms with Gasteiger partial charge in [0.05, 0.1) is 27.3 Å². The molecule has 0 fully saturated rings. The van der Waals surface area contributed by atoms with Crippen LogP contribution in [0.25, 0.3) is 21.3 Å². The molecule has 14 heteroatoms. The maximum Gasteiger partial charge on any atom is 0.307 e. The van der Waals surface area contributed by atoms with Gasteiger partial charge in [0.1, 0.15) is 10.8 Å². The third-order valence-electron chi connectivity index (χ3n) is 5.28. The van der Waals surface area contributed by atoms with Gasteiger partial charge in [-0.25, -0.2) is 17.8 Å². The van der Waals surface area contributed by atoms with E-state index in [4.69, 9.17) is 10.2 Å². The number of nitrogens with one attached hydrogen (secondary N) is 1. The molecule has 2 aromatic carbocycles. The summed E-state index contributed by atoms with van der Waals surface area (Å²) in [5, 5.41) is 16.3. The fourth-order valence-corrected chi connectivity index (χ4v) is 7.25. The molecule has 0 bridgehead atoms. The summed E-state index contributed by atoms with van der Waals surface area (Å²) in [6.45, 7) is -0.136. The zero-order chi connectivity index (χ0) is 25.4. The molecule has 5 rings (SSSR count). The third kappa shape index (κ3) is 4.67. The molecule has 0 aliphatic carbocycles. The number of nitrogens with zero attached hydrogens (tertiary/aromatic N) is 3. The molecule has 0 saturated carbocycles. The minimum atomic E-state index is -3.93. The van der Waals surface area contributed by atoms with E-state index in [2.05, 4.69) is 20.2 Å². The van der Waals surface area contributed by atoms with E-state index in [1.54, 1.807) is 30.3 Å². The van der Waals surface area contributed by atoms with Gasteiger partial charge in [-0.3, -0.25) is 9.78 Å². The second-order valence-corrected chi connectivity index (χ2v) is 12.1. The third-order valence-corrected chi connectivity index (χ3v) is 9.34. The number of sulfone groups is 1. The summed E-state index contributed by atoms with van der Waals surface area (Å²) in [7, 11) is -3.93. The smallest absolute Gasteiger partial charge is 0.307 e. The summed E-state index contributed by atoms with van der Waals surface area (Å²) in [6.07, 6.45) is -0.0720. The Balaban J connectivity index is 1.57. The predicted molar refractivity (Wildman–Crippen MR) is 133 cm³/mol. The second kappa shape index (κ2) is 9.54. The Bertz CT molecular complexity index is 1710. The van der Waals surface area contributed by atoms with Crippen molar-refractivity contribution in [3.8, 4) is 17.0 Å². The van der Waals surface area contributed by atoms with Crippen molar-refractivity contribution in [2.75, 3.05) is 12.3 Å². The highest BCUT2D eigenvalue weighted by molar-refractivity contribution is 7.92. The molecular weight excluding hydrogens is 529 g/mol. The molecule has 5 aromatic rings. The number of aromatic nitrogens is 4. The van der Waals surface area contributed by atoms with Crippen LogP contribution in [-0.4, -0.2) is 46.0 Å². The highest BCUT2D eigenvalue weighted by Crippen LogP contribution is 2.38. The number of hydrogen-bond donors (Lipinski definition) is 3. The molecule has 0 amide bonds. The first kappa shape index (κ1) is 24.2. The Labute approximate surface area is 211 Å². The van der Waals surface area contributed by atoms with Crippen molar-refractivity contribution in [1.82, 2.24) is 20.2 Å². The van der Waals surface area contributed by atoms with Crippen molar-refractivity contribution in [3.63, 3.8) is 0 Å². The van der Waals surface area contributed by atoms with Crippen LogP contribution >= 0.6 is 22.7 Å². The molecule has 36 heavy (non-hydrogen) atoms. The Morgan fingerprint density at radius 3 is 2.64 bits per heavy atom. The van der Waals surface area contributed by atoms with Gasteiger partial charge < -0.3 is 15.3 Å². The van der Waals surface area contributed by atoms with Gasteiger partial charge >= 0.3 is 4.87 Å². The first-order valence-corrected chi connectivity index (χ1v) is 13.9. The van der Waals surface area contributed by atoms with Crippen LogP contribution < -0.4 is 10.6 Å². The zero-order valence-corrected chi connectivity index (χ0v) is 20.8. The highest BCUT2D eigenvalue weighted by atomic mass is 32.2. The van der Waals surface area contributed by atoms with Gasteiger partial charge in [-0.1, -0.05) is 41.7 Å². The van der Waals surface area contributed by atoms with E-state index in [9.17, 15) is 22.7 Å². The molecule has 4 N–H and O–H groups in total. The lowest BCUT2D eigenvalue weighted by atomic mass is 10.1. The van der Waals surface area contributed by atoms with Crippen LogP contribution in [0.1, 0.15) is 26.9 Å². The van der Waals surface area contributed by atoms with Crippen LogP contribution in [0.5, 0.6) is 5.88 Å². The number of H-pyrrole nitrogens is 1. The number of benzene rings is 2. The molecule has 3 aromatic heterocycles. The second-order valence-electron chi connectivity index (χ2n) is 7.75. The zero-order valence-electron chi connectivity index (χ0n) is 18.3. The van der Waals surface area contributed by atoms with Gasteiger partial charge in [-0.05, 0) is 11.6 Å². The molecule has 0 radical (unpaired) electrons. The van der Waals surface area contributed by atoms with E-state index in [0.717, 1.165) is 22.7 Å². The van der Waals surface area contributed by atoms with Crippen LogP contribution in [-0.2, 0) is 16.3 Å². The molecule has 186 valence electrons. The van der Waals surface area contributed by atoms with Gasteiger partial charge in [0.2, 0.25) is 17.7 Å². The summed E-state index contributed by atoms with van der Waals surface area (Å²) in [6, 6.07) is 11.9. The Kier molecular flexibility index (Phi) is 6.42. The Morgan fingerprint density at radius 1 is 1.17 bits per heavy atom. The number of aromatic hydroxyl groups is 1. The highest BCUT2D eigenvalue weighted by Gasteiger charge is 2.36. The van der Waals surface area contributed by atoms with Gasteiger partial charge in [0.15, 0.2) is 15.1 Å². The van der Waals surface area contributed by atoms with Crippen LogP contribution in [0.4, 0.5) is 4.39 Å².